The Morgan fingerprint density at radius 1 is 1.13 bits per heavy atom. The monoisotopic (exact) mass is 410 g/mol. The number of likely N-dealkylation sites (N-methyl/N-ethyl adjacent to an activating group) is 1. The Labute approximate surface area is 173 Å². The van der Waals surface area contributed by atoms with Crippen molar-refractivity contribution >= 4 is 38.5 Å². The number of aryl methyl sites for hydroxylation is 2. The van der Waals surface area contributed by atoms with Crippen LogP contribution in [0.4, 0.5) is 8.78 Å². The zero-order valence-corrected chi connectivity index (χ0v) is 17.7. The van der Waals surface area contributed by atoms with Crippen LogP contribution in [0.5, 0.6) is 0 Å². The molecule has 5 nitrogen and oxygen atoms in total. The maximum absolute atomic E-state index is 14.0. The Bertz CT molecular complexity index is 1310. The number of nitrogens with zero attached hydrogens (tertiary/aromatic N) is 3. The molecule has 0 aliphatic rings. The van der Waals surface area contributed by atoms with Crippen LogP contribution in [0.25, 0.3) is 32.6 Å². The first kappa shape index (κ1) is 20.2. The van der Waals surface area contributed by atoms with Crippen molar-refractivity contribution in [2.45, 2.75) is 19.9 Å². The van der Waals surface area contributed by atoms with Gasteiger partial charge in [-0.3, -0.25) is 9.78 Å². The van der Waals surface area contributed by atoms with Gasteiger partial charge in [0.15, 0.2) is 11.6 Å². The number of fused-ring (bicyclic) bond motifs is 4. The van der Waals surface area contributed by atoms with Crippen molar-refractivity contribution in [2.24, 2.45) is 7.05 Å². The van der Waals surface area contributed by atoms with E-state index in [4.69, 9.17) is 0 Å². The summed E-state index contributed by atoms with van der Waals surface area (Å²) in [6, 6.07) is 6.10. The summed E-state index contributed by atoms with van der Waals surface area (Å²) in [4.78, 5) is 19.3. The van der Waals surface area contributed by atoms with E-state index in [-0.39, 0.29) is 11.9 Å². The lowest BCUT2D eigenvalue weighted by atomic mass is 10.00. The highest BCUT2D eigenvalue weighted by molar-refractivity contribution is 6.17. The van der Waals surface area contributed by atoms with Crippen LogP contribution in [0.3, 0.4) is 0 Å². The molecule has 0 fully saturated rings. The summed E-state index contributed by atoms with van der Waals surface area (Å²) in [5, 5.41) is 5.93. The number of hydrogen-bond donors (Lipinski definition) is 1. The Balaban J connectivity index is 1.96. The van der Waals surface area contributed by atoms with Crippen LogP contribution in [0.1, 0.15) is 23.0 Å². The Morgan fingerprint density at radius 3 is 2.53 bits per heavy atom. The minimum atomic E-state index is -0.894. The van der Waals surface area contributed by atoms with Gasteiger partial charge in [-0.15, -0.1) is 0 Å². The van der Waals surface area contributed by atoms with E-state index >= 15 is 0 Å². The van der Waals surface area contributed by atoms with Crippen LogP contribution in [-0.2, 0) is 7.05 Å². The van der Waals surface area contributed by atoms with Gasteiger partial charge in [0.1, 0.15) is 5.69 Å². The number of benzene rings is 2. The molecular formula is C23H24F2N4O. The third kappa shape index (κ3) is 3.19. The molecule has 0 saturated carbocycles. The zero-order valence-electron chi connectivity index (χ0n) is 17.7. The predicted octanol–water partition coefficient (Wildman–Crippen LogP) is 4.15. The van der Waals surface area contributed by atoms with Gasteiger partial charge in [-0.2, -0.15) is 0 Å². The van der Waals surface area contributed by atoms with Gasteiger partial charge in [0.2, 0.25) is 0 Å². The zero-order chi connectivity index (χ0) is 21.7. The fraction of sp³-hybridized carbons (Fsp3) is 0.304. The van der Waals surface area contributed by atoms with Crippen molar-refractivity contribution in [1.82, 2.24) is 19.8 Å². The molecule has 0 radical (unpaired) electrons. The first-order valence-electron chi connectivity index (χ1n) is 9.80. The summed E-state index contributed by atoms with van der Waals surface area (Å²) >= 11 is 0. The second kappa shape index (κ2) is 7.32. The van der Waals surface area contributed by atoms with Crippen LogP contribution in [-0.4, -0.2) is 47.0 Å². The first-order valence-corrected chi connectivity index (χ1v) is 9.80. The van der Waals surface area contributed by atoms with E-state index in [1.54, 1.807) is 6.20 Å². The molecule has 1 amide bonds. The van der Waals surface area contributed by atoms with Gasteiger partial charge in [0.25, 0.3) is 5.91 Å². The SMILES string of the molecule is Cc1c2ccnc(C(=O)N[C@H](C)CN(C)C)c2cc2c3cc(F)c(F)cc3n(C)c12. The van der Waals surface area contributed by atoms with Gasteiger partial charge >= 0.3 is 0 Å². The highest BCUT2D eigenvalue weighted by atomic mass is 19.2. The van der Waals surface area contributed by atoms with Crippen molar-refractivity contribution in [1.29, 1.82) is 0 Å². The van der Waals surface area contributed by atoms with E-state index in [1.165, 1.54) is 12.1 Å². The molecule has 2 heterocycles. The fourth-order valence-electron chi connectivity index (χ4n) is 4.34. The molecule has 0 spiro atoms. The molecule has 1 atom stereocenters. The first-order chi connectivity index (χ1) is 14.2. The van der Waals surface area contributed by atoms with Gasteiger partial charge < -0.3 is 14.8 Å². The van der Waals surface area contributed by atoms with E-state index in [0.29, 0.717) is 28.5 Å². The lowest BCUT2D eigenvalue weighted by Crippen LogP contribution is -2.39. The van der Waals surface area contributed by atoms with Gasteiger partial charge in [-0.25, -0.2) is 8.78 Å². The number of carbonyl (C=O) groups excluding carboxylic acids is 1. The molecule has 0 aliphatic carbocycles. The molecule has 30 heavy (non-hydrogen) atoms. The van der Waals surface area contributed by atoms with Crippen molar-refractivity contribution < 1.29 is 13.6 Å². The highest BCUT2D eigenvalue weighted by Gasteiger charge is 2.20. The molecule has 4 rings (SSSR count). The third-order valence-electron chi connectivity index (χ3n) is 5.55. The summed E-state index contributed by atoms with van der Waals surface area (Å²) in [6.07, 6.45) is 1.62. The maximum Gasteiger partial charge on any atom is 0.270 e. The molecule has 0 saturated heterocycles. The second-order valence-corrected chi connectivity index (χ2v) is 8.13. The lowest BCUT2D eigenvalue weighted by molar-refractivity contribution is 0.0931. The number of halogens is 2. The van der Waals surface area contributed by atoms with Crippen molar-refractivity contribution in [3.05, 3.63) is 53.4 Å². The second-order valence-electron chi connectivity index (χ2n) is 8.13. The number of carbonyl (C=O) groups is 1. The molecule has 0 bridgehead atoms. The lowest BCUT2D eigenvalue weighted by Gasteiger charge is -2.18. The number of nitrogens with one attached hydrogen (secondary N) is 1. The summed E-state index contributed by atoms with van der Waals surface area (Å²) in [7, 11) is 5.72. The Hall–Kier alpha value is -3.06. The van der Waals surface area contributed by atoms with Crippen LogP contribution >= 0.6 is 0 Å². The average molecular weight is 410 g/mol. The largest absolute Gasteiger partial charge is 0.347 e. The quantitative estimate of drug-likeness (QED) is 0.550. The van der Waals surface area contributed by atoms with Gasteiger partial charge in [0, 0.05) is 48.1 Å². The molecule has 1 N–H and O–H groups in total. The van der Waals surface area contributed by atoms with Crippen molar-refractivity contribution in [2.75, 3.05) is 20.6 Å². The molecule has 7 heteroatoms. The number of rotatable bonds is 4. The smallest absolute Gasteiger partial charge is 0.270 e. The molecule has 2 aromatic carbocycles. The van der Waals surface area contributed by atoms with Crippen LogP contribution in [0, 0.1) is 18.6 Å². The maximum atomic E-state index is 14.0. The van der Waals surface area contributed by atoms with E-state index in [1.807, 2.05) is 56.6 Å². The Kier molecular flexibility index (Phi) is 4.94. The summed E-state index contributed by atoms with van der Waals surface area (Å²) in [5.74, 6) is -2.03. The highest BCUT2D eigenvalue weighted by Crippen LogP contribution is 2.36. The summed E-state index contributed by atoms with van der Waals surface area (Å²) in [6.45, 7) is 4.59. The number of aromatic nitrogens is 2. The van der Waals surface area contributed by atoms with Crippen molar-refractivity contribution in [3.8, 4) is 0 Å². The Morgan fingerprint density at radius 2 is 1.83 bits per heavy atom. The van der Waals surface area contributed by atoms with E-state index in [9.17, 15) is 13.6 Å². The summed E-state index contributed by atoms with van der Waals surface area (Å²) < 4.78 is 29.7. The van der Waals surface area contributed by atoms with E-state index in [0.717, 1.165) is 21.9 Å². The molecule has 0 aliphatic heterocycles. The molecular weight excluding hydrogens is 386 g/mol. The average Bonchev–Trinajstić information content (AvgIpc) is 2.93. The van der Waals surface area contributed by atoms with Gasteiger partial charge in [-0.1, -0.05) is 0 Å². The molecule has 2 aromatic heterocycles. The van der Waals surface area contributed by atoms with Crippen LogP contribution in [0.2, 0.25) is 0 Å². The van der Waals surface area contributed by atoms with E-state index in [2.05, 4.69) is 10.3 Å². The summed E-state index contributed by atoms with van der Waals surface area (Å²) in [5.41, 5.74) is 2.73. The minimum absolute atomic E-state index is 0.0518. The molecule has 4 aromatic rings. The standard InChI is InChI=1S/C23H24F2N4O/c1-12(11-28(3)4)27-23(30)21-16-8-17-15-9-18(24)19(25)10-20(15)29(5)22(17)13(2)14(16)6-7-26-21/h6-10,12H,11H2,1-5H3,(H,27,30)/t12-/m1/s1. The van der Waals surface area contributed by atoms with Gasteiger partial charge in [0.05, 0.1) is 11.0 Å². The number of pyridine rings is 1. The molecule has 0 unspecified atom stereocenters. The normalized spacial score (nSPS) is 12.9. The molecule has 156 valence electrons. The number of hydrogen-bond acceptors (Lipinski definition) is 3. The topological polar surface area (TPSA) is 50.2 Å². The third-order valence-corrected chi connectivity index (χ3v) is 5.55. The number of amides is 1. The van der Waals surface area contributed by atoms with Crippen molar-refractivity contribution in [3.63, 3.8) is 0 Å². The van der Waals surface area contributed by atoms with Crippen LogP contribution in [0.15, 0.2) is 30.5 Å². The van der Waals surface area contributed by atoms with E-state index < -0.39 is 11.6 Å². The van der Waals surface area contributed by atoms with Gasteiger partial charge in [-0.05, 0) is 57.1 Å². The predicted molar refractivity (Wildman–Crippen MR) is 116 cm³/mol. The van der Waals surface area contributed by atoms with Crippen LogP contribution < -0.4 is 5.32 Å². The fourth-order valence-corrected chi connectivity index (χ4v) is 4.34. The minimum Gasteiger partial charge on any atom is -0.347 e.